The van der Waals surface area contributed by atoms with Crippen LogP contribution in [0.4, 0.5) is 0 Å². The molecule has 3 atom stereocenters. The van der Waals surface area contributed by atoms with Crippen LogP contribution in [0.25, 0.3) is 0 Å². The van der Waals surface area contributed by atoms with Gasteiger partial charge in [0.1, 0.15) is 10.9 Å². The second-order valence-electron chi connectivity index (χ2n) is 8.55. The molecular formula is C20H25BrN2O3S. The topological polar surface area (TPSA) is 67.8 Å². The van der Waals surface area contributed by atoms with Gasteiger partial charge in [-0.1, -0.05) is 46.6 Å². The molecule has 0 bridgehead atoms. The molecule has 0 amide bonds. The second-order valence-corrected chi connectivity index (χ2v) is 11.1. The van der Waals surface area contributed by atoms with Gasteiger partial charge in [-0.2, -0.15) is 0 Å². The minimum Gasteiger partial charge on any atom is -0.457 e. The summed E-state index contributed by atoms with van der Waals surface area (Å²) in [6.45, 7) is 7.77. The summed E-state index contributed by atoms with van der Waals surface area (Å²) in [5.74, 6) is 0.478. The van der Waals surface area contributed by atoms with Gasteiger partial charge in [-0.3, -0.25) is 0 Å². The third kappa shape index (κ3) is 3.33. The van der Waals surface area contributed by atoms with Crippen molar-refractivity contribution in [3.05, 3.63) is 46.5 Å². The first-order valence-electron chi connectivity index (χ1n) is 9.34. The number of halogens is 1. The van der Waals surface area contributed by atoms with Crippen molar-refractivity contribution in [1.29, 1.82) is 0 Å². The van der Waals surface area contributed by atoms with Crippen molar-refractivity contribution in [1.82, 2.24) is 5.32 Å². The highest BCUT2D eigenvalue weighted by Gasteiger charge is 2.52. The Morgan fingerprint density at radius 2 is 2.00 bits per heavy atom. The summed E-state index contributed by atoms with van der Waals surface area (Å²) in [5.41, 5.74) is 0.805. The van der Waals surface area contributed by atoms with Crippen LogP contribution < -0.4 is 5.32 Å². The largest absolute Gasteiger partial charge is 0.457 e. The molecule has 2 aliphatic carbocycles. The van der Waals surface area contributed by atoms with E-state index in [9.17, 15) is 8.42 Å². The second kappa shape index (κ2) is 6.34. The molecular weight excluding hydrogens is 428 g/mol. The van der Waals surface area contributed by atoms with Crippen LogP contribution >= 0.6 is 15.9 Å². The molecule has 7 heteroatoms. The molecule has 3 aliphatic rings. The quantitative estimate of drug-likeness (QED) is 0.672. The Balaban J connectivity index is 1.67. The number of nitrogens with one attached hydrogen (secondary N) is 1. The van der Waals surface area contributed by atoms with Crippen molar-refractivity contribution in [3.8, 4) is 0 Å². The molecule has 1 heterocycles. The molecule has 0 saturated heterocycles. The van der Waals surface area contributed by atoms with E-state index in [0.29, 0.717) is 11.5 Å². The Morgan fingerprint density at radius 3 is 2.67 bits per heavy atom. The third-order valence-electron chi connectivity index (χ3n) is 6.09. The summed E-state index contributed by atoms with van der Waals surface area (Å²) in [6, 6.07) is 7.42. The van der Waals surface area contributed by atoms with Gasteiger partial charge in [0.15, 0.2) is 0 Å². The lowest BCUT2D eigenvalue weighted by Crippen LogP contribution is -2.54. The molecule has 4 rings (SSSR count). The fourth-order valence-electron chi connectivity index (χ4n) is 5.07. The van der Waals surface area contributed by atoms with Gasteiger partial charge in [-0.05, 0) is 63.1 Å². The van der Waals surface area contributed by atoms with Gasteiger partial charge in [0.05, 0.1) is 0 Å². The number of sulfonamides is 1. The highest BCUT2D eigenvalue weighted by molar-refractivity contribution is 9.10. The van der Waals surface area contributed by atoms with Crippen molar-refractivity contribution in [3.63, 3.8) is 0 Å². The summed E-state index contributed by atoms with van der Waals surface area (Å²) >= 11 is 3.39. The van der Waals surface area contributed by atoms with E-state index in [1.807, 2.05) is 26.0 Å². The molecule has 1 N–H and O–H groups in total. The number of ether oxygens (including phenoxy) is 1. The van der Waals surface area contributed by atoms with Crippen LogP contribution in [0.3, 0.4) is 0 Å². The first kappa shape index (κ1) is 19.0. The zero-order chi connectivity index (χ0) is 19.4. The highest BCUT2D eigenvalue weighted by Crippen LogP contribution is 2.50. The predicted octanol–water partition coefficient (Wildman–Crippen LogP) is 4.46. The van der Waals surface area contributed by atoms with Gasteiger partial charge in [-0.25, -0.2) is 8.42 Å². The Labute approximate surface area is 169 Å². The maximum absolute atomic E-state index is 13.1. The summed E-state index contributed by atoms with van der Waals surface area (Å²) in [4.78, 5) is 0. The Morgan fingerprint density at radius 1 is 1.30 bits per heavy atom. The molecule has 1 aromatic carbocycles. The van der Waals surface area contributed by atoms with Crippen molar-refractivity contribution < 1.29 is 13.2 Å². The van der Waals surface area contributed by atoms with E-state index in [0.717, 1.165) is 36.6 Å². The van der Waals surface area contributed by atoms with E-state index in [1.165, 1.54) is 5.57 Å². The fourth-order valence-corrected chi connectivity index (χ4v) is 7.02. The maximum Gasteiger partial charge on any atom is 0.301 e. The van der Waals surface area contributed by atoms with E-state index in [2.05, 4.69) is 32.2 Å². The number of nitrogens with zero attached hydrogens (tertiary/aromatic N) is 1. The van der Waals surface area contributed by atoms with Gasteiger partial charge in [0, 0.05) is 10.0 Å². The zero-order valence-corrected chi connectivity index (χ0v) is 18.1. The summed E-state index contributed by atoms with van der Waals surface area (Å²) in [5, 5.41) is 2.55. The van der Waals surface area contributed by atoms with Crippen LogP contribution in [0.15, 0.2) is 45.3 Å². The van der Waals surface area contributed by atoms with Crippen LogP contribution in [0.2, 0.25) is 0 Å². The van der Waals surface area contributed by atoms with Gasteiger partial charge < -0.3 is 10.1 Å². The van der Waals surface area contributed by atoms with Gasteiger partial charge in [0.25, 0.3) is 10.0 Å². The van der Waals surface area contributed by atoms with E-state index >= 15 is 0 Å². The Hall–Kier alpha value is -1.34. The Kier molecular flexibility index (Phi) is 4.46. The number of hydrogen-bond acceptors (Lipinski definition) is 4. The van der Waals surface area contributed by atoms with Crippen LogP contribution in [-0.4, -0.2) is 25.6 Å². The first-order valence-corrected chi connectivity index (χ1v) is 11.6. The first-order chi connectivity index (χ1) is 12.6. The summed E-state index contributed by atoms with van der Waals surface area (Å²) in [7, 11) is -3.77. The molecule has 1 aromatic rings. The summed E-state index contributed by atoms with van der Waals surface area (Å²) < 4.78 is 37.2. The van der Waals surface area contributed by atoms with Crippen molar-refractivity contribution in [2.45, 2.75) is 62.3 Å². The van der Waals surface area contributed by atoms with Gasteiger partial charge in [0.2, 0.25) is 0 Å². The maximum atomic E-state index is 13.1. The average Bonchev–Trinajstić information content (AvgIpc) is 3.01. The molecule has 2 fully saturated rings. The number of fused-ring (bicyclic) bond motifs is 1. The molecule has 0 radical (unpaired) electrons. The molecule has 0 spiro atoms. The average molecular weight is 453 g/mol. The number of rotatable bonds is 2. The van der Waals surface area contributed by atoms with E-state index in [1.54, 1.807) is 12.1 Å². The molecule has 27 heavy (non-hydrogen) atoms. The molecule has 0 aromatic heterocycles. The van der Waals surface area contributed by atoms with E-state index < -0.39 is 20.9 Å². The van der Waals surface area contributed by atoms with E-state index in [4.69, 9.17) is 4.74 Å². The summed E-state index contributed by atoms with van der Waals surface area (Å²) in [6.07, 6.45) is 5.12. The lowest BCUT2D eigenvalue weighted by atomic mass is 9.90. The lowest BCUT2D eigenvalue weighted by molar-refractivity contribution is 0.0721. The number of amidine groups is 1. The standard InChI is InChI=1S/C20H25BrN2O3S/c1-13-11-15-5-4-10-20(15,12-13)22-18-23-27(24,25)17(19(2,3)26-18)14-6-8-16(21)9-7-14/h6-9,15,17H,1,4-5,10-12H2,2-3H3,(H,22,23)/t15?,17-,20?/m0/s1. The SMILES string of the molecule is C=C1CC2CCCC2(NC2=NS(=O)(=O)[C@@H](c3ccc(Br)cc3)C(C)(C)O2)C1. The molecule has 146 valence electrons. The molecule has 2 saturated carbocycles. The van der Waals surface area contributed by atoms with Gasteiger partial charge >= 0.3 is 6.02 Å². The fraction of sp³-hybridized carbons (Fsp3) is 0.550. The number of benzene rings is 1. The van der Waals surface area contributed by atoms with Crippen LogP contribution in [-0.2, 0) is 14.8 Å². The Bertz CT molecular complexity index is 908. The third-order valence-corrected chi connectivity index (χ3v) is 8.47. The van der Waals surface area contributed by atoms with Crippen LogP contribution in [0, 0.1) is 5.92 Å². The van der Waals surface area contributed by atoms with Crippen molar-refractivity contribution >= 4 is 32.0 Å². The zero-order valence-electron chi connectivity index (χ0n) is 15.7. The minimum absolute atomic E-state index is 0.134. The van der Waals surface area contributed by atoms with Crippen molar-refractivity contribution in [2.75, 3.05) is 0 Å². The minimum atomic E-state index is -3.77. The molecule has 1 aliphatic heterocycles. The van der Waals surface area contributed by atoms with Gasteiger partial charge in [-0.15, -0.1) is 4.40 Å². The smallest absolute Gasteiger partial charge is 0.301 e. The van der Waals surface area contributed by atoms with Crippen LogP contribution in [0.5, 0.6) is 0 Å². The number of hydrogen-bond donors (Lipinski definition) is 1. The highest BCUT2D eigenvalue weighted by atomic mass is 79.9. The van der Waals surface area contributed by atoms with Crippen LogP contribution in [0.1, 0.15) is 56.8 Å². The molecule has 5 nitrogen and oxygen atoms in total. The lowest BCUT2D eigenvalue weighted by Gasteiger charge is -2.40. The van der Waals surface area contributed by atoms with Crippen molar-refractivity contribution in [2.24, 2.45) is 10.3 Å². The normalized spacial score (nSPS) is 33.9. The molecule has 2 unspecified atom stereocenters. The van der Waals surface area contributed by atoms with E-state index in [-0.39, 0.29) is 11.6 Å². The monoisotopic (exact) mass is 452 g/mol. The predicted molar refractivity (Wildman–Crippen MR) is 110 cm³/mol.